The molecular formula is C12H15NO3. The average molecular weight is 221 g/mol. The van der Waals surface area contributed by atoms with Crippen molar-refractivity contribution in [3.8, 4) is 11.5 Å². The van der Waals surface area contributed by atoms with Gasteiger partial charge in [0.1, 0.15) is 11.5 Å². The zero-order chi connectivity index (χ0) is 11.5. The number of carbonyl (C=O) groups is 1. The van der Waals surface area contributed by atoms with E-state index in [1.807, 2.05) is 6.07 Å². The molecule has 1 N–H and O–H groups in total. The largest absolute Gasteiger partial charge is 0.497 e. The van der Waals surface area contributed by atoms with E-state index in [-0.39, 0.29) is 5.91 Å². The minimum Gasteiger partial charge on any atom is -0.497 e. The zero-order valence-corrected chi connectivity index (χ0v) is 9.50. The van der Waals surface area contributed by atoms with E-state index in [1.165, 1.54) is 0 Å². The molecule has 0 bridgehead atoms. The summed E-state index contributed by atoms with van der Waals surface area (Å²) in [5.41, 5.74) is 1.63. The van der Waals surface area contributed by atoms with Gasteiger partial charge in [0.25, 0.3) is 5.91 Å². The highest BCUT2D eigenvalue weighted by atomic mass is 16.5. The van der Waals surface area contributed by atoms with Crippen molar-refractivity contribution < 1.29 is 14.3 Å². The van der Waals surface area contributed by atoms with E-state index in [0.29, 0.717) is 17.9 Å². The number of fused-ring (bicyclic) bond motifs is 1. The Balaban J connectivity index is 2.56. The number of rotatable bonds is 2. The first-order valence-corrected chi connectivity index (χ1v) is 5.29. The Morgan fingerprint density at radius 2 is 2.06 bits per heavy atom. The van der Waals surface area contributed by atoms with Crippen LogP contribution < -0.4 is 14.8 Å². The SMILES string of the molecule is COc1cc(OC)c2c(c1)C(=O)NCCC2. The lowest BCUT2D eigenvalue weighted by atomic mass is 10.0. The second-order valence-corrected chi connectivity index (χ2v) is 3.72. The molecule has 0 unspecified atom stereocenters. The van der Waals surface area contributed by atoms with E-state index in [4.69, 9.17) is 9.47 Å². The van der Waals surface area contributed by atoms with Gasteiger partial charge in [0, 0.05) is 23.7 Å². The Morgan fingerprint density at radius 1 is 1.25 bits per heavy atom. The van der Waals surface area contributed by atoms with E-state index >= 15 is 0 Å². The smallest absolute Gasteiger partial charge is 0.251 e. The normalized spacial score (nSPS) is 14.8. The van der Waals surface area contributed by atoms with Gasteiger partial charge in [-0.25, -0.2) is 0 Å². The number of benzene rings is 1. The molecule has 0 aliphatic carbocycles. The molecule has 0 radical (unpaired) electrons. The van der Waals surface area contributed by atoms with Gasteiger partial charge in [0.15, 0.2) is 0 Å². The van der Waals surface area contributed by atoms with Crippen LogP contribution in [0, 0.1) is 0 Å². The molecule has 1 aromatic carbocycles. The number of methoxy groups -OCH3 is 2. The van der Waals surface area contributed by atoms with Crippen molar-refractivity contribution in [1.82, 2.24) is 5.32 Å². The third kappa shape index (κ3) is 1.83. The van der Waals surface area contributed by atoms with Crippen LogP contribution in [0.25, 0.3) is 0 Å². The monoisotopic (exact) mass is 221 g/mol. The molecule has 0 aromatic heterocycles. The summed E-state index contributed by atoms with van der Waals surface area (Å²) in [5, 5.41) is 2.85. The lowest BCUT2D eigenvalue weighted by molar-refractivity contribution is 0.0955. The van der Waals surface area contributed by atoms with Crippen molar-refractivity contribution >= 4 is 5.91 Å². The lowest BCUT2D eigenvalue weighted by Crippen LogP contribution is -2.22. The quantitative estimate of drug-likeness (QED) is 0.820. The zero-order valence-electron chi connectivity index (χ0n) is 9.50. The summed E-state index contributed by atoms with van der Waals surface area (Å²) >= 11 is 0. The van der Waals surface area contributed by atoms with Crippen LogP contribution in [-0.2, 0) is 6.42 Å². The molecule has 86 valence electrons. The van der Waals surface area contributed by atoms with Crippen molar-refractivity contribution in [2.75, 3.05) is 20.8 Å². The summed E-state index contributed by atoms with van der Waals surface area (Å²) in [5.74, 6) is 1.32. The Bertz CT molecular complexity index is 415. The Hall–Kier alpha value is -1.71. The molecule has 4 heteroatoms. The summed E-state index contributed by atoms with van der Waals surface area (Å²) in [6, 6.07) is 3.58. The number of ether oxygens (including phenoxy) is 2. The highest BCUT2D eigenvalue weighted by molar-refractivity contribution is 5.97. The molecular weight excluding hydrogens is 206 g/mol. The average Bonchev–Trinajstić information content (AvgIpc) is 2.50. The topological polar surface area (TPSA) is 47.6 Å². The lowest BCUT2D eigenvalue weighted by Gasteiger charge is -2.12. The summed E-state index contributed by atoms with van der Waals surface area (Å²) in [7, 11) is 3.19. The van der Waals surface area contributed by atoms with Crippen molar-refractivity contribution in [1.29, 1.82) is 0 Å². The van der Waals surface area contributed by atoms with Gasteiger partial charge < -0.3 is 14.8 Å². The first kappa shape index (κ1) is 10.8. The maximum atomic E-state index is 11.8. The fourth-order valence-corrected chi connectivity index (χ4v) is 1.94. The van der Waals surface area contributed by atoms with Crippen LogP contribution in [0.3, 0.4) is 0 Å². The summed E-state index contributed by atoms with van der Waals surface area (Å²) in [6.07, 6.45) is 1.78. The Labute approximate surface area is 94.6 Å². The summed E-state index contributed by atoms with van der Waals surface area (Å²) in [6.45, 7) is 0.707. The van der Waals surface area contributed by atoms with Crippen molar-refractivity contribution in [3.63, 3.8) is 0 Å². The molecule has 1 aromatic rings. The van der Waals surface area contributed by atoms with E-state index in [0.717, 1.165) is 24.2 Å². The van der Waals surface area contributed by atoms with Gasteiger partial charge >= 0.3 is 0 Å². The molecule has 1 amide bonds. The van der Waals surface area contributed by atoms with Crippen LogP contribution in [-0.4, -0.2) is 26.7 Å². The number of hydrogen-bond acceptors (Lipinski definition) is 3. The second kappa shape index (κ2) is 4.43. The van der Waals surface area contributed by atoms with Crippen LogP contribution in [0.4, 0.5) is 0 Å². The standard InChI is InChI=1S/C12H15NO3/c1-15-8-6-10-9(11(7-8)16-2)4-3-5-13-12(10)14/h6-7H,3-5H2,1-2H3,(H,13,14). The summed E-state index contributed by atoms with van der Waals surface area (Å²) in [4.78, 5) is 11.8. The predicted molar refractivity (Wildman–Crippen MR) is 60.2 cm³/mol. The van der Waals surface area contributed by atoms with Gasteiger partial charge in [-0.05, 0) is 18.9 Å². The predicted octanol–water partition coefficient (Wildman–Crippen LogP) is 1.38. The maximum absolute atomic E-state index is 11.8. The first-order chi connectivity index (χ1) is 7.76. The van der Waals surface area contributed by atoms with E-state index in [2.05, 4.69) is 5.32 Å². The van der Waals surface area contributed by atoms with Crippen LogP contribution in [0.1, 0.15) is 22.3 Å². The third-order valence-electron chi connectivity index (χ3n) is 2.77. The van der Waals surface area contributed by atoms with Crippen LogP contribution in [0.2, 0.25) is 0 Å². The molecule has 0 atom stereocenters. The maximum Gasteiger partial charge on any atom is 0.251 e. The van der Waals surface area contributed by atoms with Crippen LogP contribution >= 0.6 is 0 Å². The molecule has 1 aliphatic heterocycles. The molecule has 4 nitrogen and oxygen atoms in total. The summed E-state index contributed by atoms with van der Waals surface area (Å²) < 4.78 is 10.5. The van der Waals surface area contributed by atoms with Crippen LogP contribution in [0.5, 0.6) is 11.5 Å². The fourth-order valence-electron chi connectivity index (χ4n) is 1.94. The van der Waals surface area contributed by atoms with Gasteiger partial charge in [-0.15, -0.1) is 0 Å². The highest BCUT2D eigenvalue weighted by Gasteiger charge is 2.20. The molecule has 0 fully saturated rings. The van der Waals surface area contributed by atoms with E-state index < -0.39 is 0 Å². The van der Waals surface area contributed by atoms with Crippen LogP contribution in [0.15, 0.2) is 12.1 Å². The number of nitrogens with one attached hydrogen (secondary N) is 1. The van der Waals surface area contributed by atoms with Gasteiger partial charge in [0.05, 0.1) is 14.2 Å². The van der Waals surface area contributed by atoms with Crippen molar-refractivity contribution in [2.45, 2.75) is 12.8 Å². The Morgan fingerprint density at radius 3 is 2.75 bits per heavy atom. The molecule has 16 heavy (non-hydrogen) atoms. The third-order valence-corrected chi connectivity index (χ3v) is 2.77. The van der Waals surface area contributed by atoms with Gasteiger partial charge in [-0.2, -0.15) is 0 Å². The minimum atomic E-state index is -0.0512. The first-order valence-electron chi connectivity index (χ1n) is 5.29. The number of carbonyl (C=O) groups excluding carboxylic acids is 1. The fraction of sp³-hybridized carbons (Fsp3) is 0.417. The van der Waals surface area contributed by atoms with Gasteiger partial charge in [-0.3, -0.25) is 4.79 Å². The minimum absolute atomic E-state index is 0.0512. The number of amides is 1. The van der Waals surface area contributed by atoms with Gasteiger partial charge in [0.2, 0.25) is 0 Å². The van der Waals surface area contributed by atoms with E-state index in [1.54, 1.807) is 20.3 Å². The molecule has 2 rings (SSSR count). The Kier molecular flexibility index (Phi) is 2.99. The number of hydrogen-bond donors (Lipinski definition) is 1. The highest BCUT2D eigenvalue weighted by Crippen LogP contribution is 2.30. The van der Waals surface area contributed by atoms with Crippen molar-refractivity contribution in [2.24, 2.45) is 0 Å². The van der Waals surface area contributed by atoms with Gasteiger partial charge in [-0.1, -0.05) is 0 Å². The molecule has 0 saturated carbocycles. The van der Waals surface area contributed by atoms with Crippen molar-refractivity contribution in [3.05, 3.63) is 23.3 Å². The molecule has 1 aliphatic rings. The molecule has 1 heterocycles. The molecule has 0 saturated heterocycles. The molecule has 0 spiro atoms. The second-order valence-electron chi connectivity index (χ2n) is 3.72. The van der Waals surface area contributed by atoms with E-state index in [9.17, 15) is 4.79 Å².